The van der Waals surface area contributed by atoms with Gasteiger partial charge in [-0.1, -0.05) is 13.0 Å². The molecule has 1 saturated carbocycles. The van der Waals surface area contributed by atoms with E-state index in [4.69, 9.17) is 4.43 Å². The van der Waals surface area contributed by atoms with E-state index in [-0.39, 0.29) is 11.2 Å². The topological polar surface area (TPSA) is 52.6 Å². The molecule has 0 unspecified atom stereocenters. The molecule has 0 saturated heterocycles. The number of benzene rings is 1. The van der Waals surface area contributed by atoms with Crippen LogP contribution in [0.5, 0.6) is 5.75 Å². The van der Waals surface area contributed by atoms with Crippen molar-refractivity contribution in [3.63, 3.8) is 0 Å². The van der Waals surface area contributed by atoms with Gasteiger partial charge in [0.2, 0.25) is 8.32 Å². The third-order valence-electron chi connectivity index (χ3n) is 7.11. The van der Waals surface area contributed by atoms with Crippen LogP contribution in [0.2, 0.25) is 19.6 Å². The molecule has 0 aromatic heterocycles. The van der Waals surface area contributed by atoms with Gasteiger partial charge in [-0.05, 0) is 98.8 Å². The van der Waals surface area contributed by atoms with Gasteiger partial charge in [0, 0.05) is 5.41 Å². The second-order valence-electron chi connectivity index (χ2n) is 10.2. The summed E-state index contributed by atoms with van der Waals surface area (Å²) in [5.74, 6) is 2.18. The lowest BCUT2D eigenvalue weighted by Gasteiger charge is -2.50. The summed E-state index contributed by atoms with van der Waals surface area (Å²) in [7, 11) is -7.36. The summed E-state index contributed by atoms with van der Waals surface area (Å²) in [6.45, 7) is 8.92. The minimum atomic E-state index is -5.66. The van der Waals surface area contributed by atoms with E-state index in [1.165, 1.54) is 12.1 Å². The lowest BCUT2D eigenvalue weighted by molar-refractivity contribution is -0.0500. The van der Waals surface area contributed by atoms with Gasteiger partial charge in [0.05, 0.1) is 5.76 Å². The van der Waals surface area contributed by atoms with Crippen molar-refractivity contribution in [2.75, 3.05) is 0 Å². The molecular formula is C22H29F3O4SSi. The van der Waals surface area contributed by atoms with Crippen LogP contribution in [0.3, 0.4) is 0 Å². The third-order valence-corrected chi connectivity index (χ3v) is 8.92. The van der Waals surface area contributed by atoms with E-state index in [0.717, 1.165) is 42.6 Å². The van der Waals surface area contributed by atoms with Gasteiger partial charge in [0.15, 0.2) is 0 Å². The van der Waals surface area contributed by atoms with Gasteiger partial charge >= 0.3 is 15.6 Å². The predicted molar refractivity (Wildman–Crippen MR) is 115 cm³/mol. The molecule has 1 aromatic carbocycles. The van der Waals surface area contributed by atoms with E-state index >= 15 is 0 Å². The molecule has 3 aliphatic rings. The first-order valence-electron chi connectivity index (χ1n) is 10.7. The Bertz CT molecular complexity index is 1010. The van der Waals surface area contributed by atoms with Crippen molar-refractivity contribution in [1.29, 1.82) is 0 Å². The van der Waals surface area contributed by atoms with Crippen LogP contribution in [0.25, 0.3) is 0 Å². The van der Waals surface area contributed by atoms with Crippen LogP contribution in [0.1, 0.15) is 49.7 Å². The average molecular weight is 475 g/mol. The summed E-state index contributed by atoms with van der Waals surface area (Å²) < 4.78 is 71.4. The number of rotatable bonds is 4. The standard InChI is InChI=1S/C22H29F3O4SSi/c1-21-12-11-17-16-8-6-15(28-30(26,27)22(23,24)25)13-14(16)5-7-18(17)19(21)9-10-20(21)29-31(2,3)4/h6,8,10,13,17-19H,5,7,9,11-12H2,1-4H3/t17-,18-,19+,21+/m1/s1. The number of alkyl halides is 3. The Morgan fingerprint density at radius 1 is 1.16 bits per heavy atom. The molecule has 0 spiro atoms. The van der Waals surface area contributed by atoms with Gasteiger partial charge < -0.3 is 8.61 Å². The molecule has 0 bridgehead atoms. The van der Waals surface area contributed by atoms with Crippen LogP contribution in [-0.4, -0.2) is 22.2 Å². The van der Waals surface area contributed by atoms with E-state index in [9.17, 15) is 21.6 Å². The number of hydrogen-bond acceptors (Lipinski definition) is 4. The van der Waals surface area contributed by atoms with Gasteiger partial charge in [-0.3, -0.25) is 0 Å². The summed E-state index contributed by atoms with van der Waals surface area (Å²) >= 11 is 0. The smallest absolute Gasteiger partial charge is 0.534 e. The summed E-state index contributed by atoms with van der Waals surface area (Å²) in [6, 6.07) is 4.58. The van der Waals surface area contributed by atoms with Crippen LogP contribution in [0.4, 0.5) is 13.2 Å². The number of aryl methyl sites for hydroxylation is 1. The van der Waals surface area contributed by atoms with Crippen LogP contribution in [0, 0.1) is 17.3 Å². The molecule has 4 nitrogen and oxygen atoms in total. The molecule has 1 aromatic rings. The molecule has 31 heavy (non-hydrogen) atoms. The lowest BCUT2D eigenvalue weighted by Crippen LogP contribution is -2.43. The predicted octanol–water partition coefficient (Wildman–Crippen LogP) is 6.12. The molecule has 4 atom stereocenters. The lowest BCUT2D eigenvalue weighted by atomic mass is 9.55. The molecule has 0 amide bonds. The summed E-state index contributed by atoms with van der Waals surface area (Å²) in [5.41, 5.74) is -3.38. The van der Waals surface area contributed by atoms with E-state index in [0.29, 0.717) is 24.2 Å². The van der Waals surface area contributed by atoms with Crippen molar-refractivity contribution in [1.82, 2.24) is 0 Å². The van der Waals surface area contributed by atoms with E-state index in [2.05, 4.69) is 36.8 Å². The highest BCUT2D eigenvalue weighted by Crippen LogP contribution is 2.61. The maximum absolute atomic E-state index is 12.6. The molecule has 172 valence electrons. The van der Waals surface area contributed by atoms with Gasteiger partial charge in [-0.15, -0.1) is 0 Å². The fraction of sp³-hybridized carbons (Fsp3) is 0.636. The molecule has 0 N–H and O–H groups in total. The number of allylic oxidation sites excluding steroid dienone is 2. The number of hydrogen-bond donors (Lipinski definition) is 0. The van der Waals surface area contributed by atoms with Crippen LogP contribution < -0.4 is 4.18 Å². The van der Waals surface area contributed by atoms with Crippen molar-refractivity contribution in [3.05, 3.63) is 41.2 Å². The van der Waals surface area contributed by atoms with Crippen molar-refractivity contribution >= 4 is 18.4 Å². The van der Waals surface area contributed by atoms with Crippen LogP contribution in [0.15, 0.2) is 30.0 Å². The molecular weight excluding hydrogens is 445 g/mol. The largest absolute Gasteiger partial charge is 0.547 e. The van der Waals surface area contributed by atoms with Gasteiger partial charge in [0.25, 0.3) is 0 Å². The second-order valence-corrected chi connectivity index (χ2v) is 16.2. The zero-order valence-electron chi connectivity index (χ0n) is 18.3. The fourth-order valence-electron chi connectivity index (χ4n) is 5.80. The van der Waals surface area contributed by atoms with Gasteiger partial charge in [-0.25, -0.2) is 0 Å². The molecule has 0 radical (unpaired) electrons. The highest BCUT2D eigenvalue weighted by molar-refractivity contribution is 7.88. The maximum Gasteiger partial charge on any atom is 0.534 e. The number of fused-ring (bicyclic) bond motifs is 5. The number of halogens is 3. The molecule has 1 fully saturated rings. The summed E-state index contributed by atoms with van der Waals surface area (Å²) in [6.07, 6.45) is 6.91. The van der Waals surface area contributed by atoms with Crippen molar-refractivity contribution < 1.29 is 30.2 Å². The molecule has 3 aliphatic carbocycles. The Balaban J connectivity index is 1.56. The monoisotopic (exact) mass is 474 g/mol. The Hall–Kier alpha value is -1.48. The highest BCUT2D eigenvalue weighted by atomic mass is 32.2. The quantitative estimate of drug-likeness (QED) is 0.300. The fourth-order valence-corrected chi connectivity index (χ4v) is 7.23. The van der Waals surface area contributed by atoms with Crippen LogP contribution >= 0.6 is 0 Å². The minimum absolute atomic E-state index is 0.0444. The summed E-state index contributed by atoms with van der Waals surface area (Å²) in [5, 5.41) is 0. The third kappa shape index (κ3) is 4.03. The Labute approximate surface area is 183 Å². The first-order valence-corrected chi connectivity index (χ1v) is 15.6. The first kappa shape index (κ1) is 22.7. The maximum atomic E-state index is 12.6. The van der Waals surface area contributed by atoms with E-state index < -0.39 is 23.9 Å². The van der Waals surface area contributed by atoms with Crippen molar-refractivity contribution in [2.24, 2.45) is 17.3 Å². The van der Waals surface area contributed by atoms with Gasteiger partial charge in [0.1, 0.15) is 5.75 Å². The normalized spacial score (nSPS) is 30.7. The Kier molecular flexibility index (Phi) is 5.32. The van der Waals surface area contributed by atoms with E-state index in [1.807, 2.05) is 0 Å². The molecule has 4 rings (SSSR count). The minimum Gasteiger partial charge on any atom is -0.547 e. The molecule has 9 heteroatoms. The molecule has 0 aliphatic heterocycles. The Morgan fingerprint density at radius 3 is 2.52 bits per heavy atom. The first-order chi connectivity index (χ1) is 14.2. The zero-order valence-corrected chi connectivity index (χ0v) is 20.1. The zero-order chi connectivity index (χ0) is 22.8. The summed E-state index contributed by atoms with van der Waals surface area (Å²) in [4.78, 5) is 0. The van der Waals surface area contributed by atoms with E-state index in [1.54, 1.807) is 6.07 Å². The Morgan fingerprint density at radius 2 is 1.87 bits per heavy atom. The molecule has 0 heterocycles. The second kappa shape index (κ2) is 7.27. The SMILES string of the molecule is C[C@]12CC[C@@H]3c4ccc(OS(=O)(=O)C(F)(F)F)cc4CC[C@H]3[C@@H]1CC=C2O[Si](C)(C)C. The average Bonchev–Trinajstić information content (AvgIpc) is 2.95. The van der Waals surface area contributed by atoms with Gasteiger partial charge in [-0.2, -0.15) is 21.6 Å². The van der Waals surface area contributed by atoms with Crippen LogP contribution in [-0.2, 0) is 21.0 Å². The van der Waals surface area contributed by atoms with Crippen molar-refractivity contribution in [2.45, 2.75) is 70.1 Å². The van der Waals surface area contributed by atoms with Crippen molar-refractivity contribution in [3.8, 4) is 5.75 Å². The highest BCUT2D eigenvalue weighted by Gasteiger charge is 2.53.